The Bertz CT molecular complexity index is 604. The molecule has 1 aromatic carbocycles. The van der Waals surface area contributed by atoms with Gasteiger partial charge in [-0.1, -0.05) is 24.8 Å². The molecule has 0 radical (unpaired) electrons. The van der Waals surface area contributed by atoms with Gasteiger partial charge in [-0.25, -0.2) is 0 Å². The summed E-state index contributed by atoms with van der Waals surface area (Å²) in [6.07, 6.45) is -0.116. The predicted molar refractivity (Wildman–Crippen MR) is 81.0 cm³/mol. The second kappa shape index (κ2) is 6.43. The minimum Gasteiger partial charge on any atom is -0.481 e. The van der Waals surface area contributed by atoms with E-state index in [1.54, 1.807) is 25.1 Å². The molecule has 1 aliphatic rings. The summed E-state index contributed by atoms with van der Waals surface area (Å²) in [5, 5.41) is 8.71. The molecule has 1 heterocycles. The molecule has 0 saturated carbocycles. The Kier molecular flexibility index (Phi) is 4.60. The van der Waals surface area contributed by atoms with Gasteiger partial charge in [0.2, 0.25) is 5.91 Å². The van der Waals surface area contributed by atoms with E-state index in [1.807, 2.05) is 6.07 Å². The first-order valence-corrected chi connectivity index (χ1v) is 7.05. The normalized spacial score (nSPS) is 13.2. The van der Waals surface area contributed by atoms with Crippen molar-refractivity contribution >= 4 is 23.5 Å². The number of carbonyl (C=O) groups excluding carboxylic acids is 2. The molecule has 1 aromatic rings. The maximum Gasteiger partial charge on any atom is 0.305 e. The Morgan fingerprint density at radius 3 is 2.45 bits per heavy atom. The smallest absolute Gasteiger partial charge is 0.305 e. The average Bonchev–Trinajstić information content (AvgIpc) is 2.73. The number of carboxylic acid groups (broad SMARTS) is 1. The van der Waals surface area contributed by atoms with E-state index >= 15 is 0 Å². The molecule has 6 nitrogen and oxygen atoms in total. The van der Waals surface area contributed by atoms with Crippen LogP contribution in [-0.4, -0.2) is 52.3 Å². The van der Waals surface area contributed by atoms with Crippen LogP contribution in [0.4, 0.5) is 0 Å². The van der Waals surface area contributed by atoms with E-state index in [1.165, 1.54) is 9.80 Å². The molecule has 0 spiro atoms. The largest absolute Gasteiger partial charge is 0.481 e. The molecule has 0 aromatic heterocycles. The monoisotopic (exact) mass is 302 g/mol. The third kappa shape index (κ3) is 3.00. The van der Waals surface area contributed by atoms with E-state index < -0.39 is 5.97 Å². The second-order valence-electron chi connectivity index (χ2n) is 5.00. The van der Waals surface area contributed by atoms with E-state index in [4.69, 9.17) is 5.11 Å². The Hall–Kier alpha value is -2.63. The molecular weight excluding hydrogens is 284 g/mol. The highest BCUT2D eigenvalue weighted by Gasteiger charge is 2.32. The highest BCUT2D eigenvalue weighted by atomic mass is 16.4. The molecule has 2 rings (SSSR count). The lowest BCUT2D eigenvalue weighted by Crippen LogP contribution is -2.41. The summed E-state index contributed by atoms with van der Waals surface area (Å²) in [5.74, 6) is -1.49. The Balaban J connectivity index is 2.08. The number of carboxylic acids is 1. The lowest BCUT2D eigenvalue weighted by atomic mass is 10.1. The van der Waals surface area contributed by atoms with Crippen LogP contribution in [0.15, 0.2) is 30.8 Å². The van der Waals surface area contributed by atoms with Gasteiger partial charge >= 0.3 is 5.97 Å². The number of aliphatic carboxylic acids is 1. The van der Waals surface area contributed by atoms with Crippen molar-refractivity contribution in [1.29, 1.82) is 0 Å². The third-order valence-corrected chi connectivity index (χ3v) is 3.66. The van der Waals surface area contributed by atoms with Crippen LogP contribution in [0.3, 0.4) is 0 Å². The summed E-state index contributed by atoms with van der Waals surface area (Å²) in [5.41, 5.74) is 1.77. The van der Waals surface area contributed by atoms with Crippen molar-refractivity contribution < 1.29 is 19.5 Å². The number of amides is 2. The molecule has 2 amide bonds. The van der Waals surface area contributed by atoms with E-state index in [-0.39, 0.29) is 31.3 Å². The number of nitrogens with zero attached hydrogens (tertiary/aromatic N) is 2. The van der Waals surface area contributed by atoms with Crippen molar-refractivity contribution in [3.8, 4) is 0 Å². The number of hydrogen-bond donors (Lipinski definition) is 1. The standard InChI is InChI=1S/C16H18N2O4/c1-3-17(9-8-15(20)21)14(19)10-18-11(2)12-6-4-5-7-13(12)16(18)22/h4-7H,2-3,8-10H2,1H3,(H,20,21). The van der Waals surface area contributed by atoms with Gasteiger partial charge in [-0.2, -0.15) is 0 Å². The van der Waals surface area contributed by atoms with Gasteiger partial charge in [0, 0.05) is 29.9 Å². The molecule has 6 heteroatoms. The first kappa shape index (κ1) is 15.8. The number of fused-ring (bicyclic) bond motifs is 1. The maximum absolute atomic E-state index is 12.3. The van der Waals surface area contributed by atoms with Crippen LogP contribution in [0.1, 0.15) is 29.3 Å². The van der Waals surface area contributed by atoms with Gasteiger partial charge in [0.1, 0.15) is 6.54 Å². The average molecular weight is 302 g/mol. The number of hydrogen-bond acceptors (Lipinski definition) is 3. The zero-order valence-electron chi connectivity index (χ0n) is 12.4. The van der Waals surface area contributed by atoms with Gasteiger partial charge < -0.3 is 10.0 Å². The summed E-state index contributed by atoms with van der Waals surface area (Å²) in [6.45, 7) is 6.06. The van der Waals surface area contributed by atoms with Gasteiger partial charge in [0.25, 0.3) is 5.91 Å². The van der Waals surface area contributed by atoms with Crippen LogP contribution < -0.4 is 0 Å². The molecule has 0 bridgehead atoms. The van der Waals surface area contributed by atoms with E-state index in [0.717, 1.165) is 5.56 Å². The first-order chi connectivity index (χ1) is 10.5. The molecule has 116 valence electrons. The van der Waals surface area contributed by atoms with Gasteiger partial charge in [0.05, 0.1) is 6.42 Å². The number of carbonyl (C=O) groups is 3. The molecular formula is C16H18N2O4. The van der Waals surface area contributed by atoms with Crippen molar-refractivity contribution in [3.05, 3.63) is 42.0 Å². The summed E-state index contributed by atoms with van der Waals surface area (Å²) >= 11 is 0. The summed E-state index contributed by atoms with van der Waals surface area (Å²) < 4.78 is 0. The minimum absolute atomic E-state index is 0.116. The minimum atomic E-state index is -0.958. The van der Waals surface area contributed by atoms with Crippen molar-refractivity contribution in [2.75, 3.05) is 19.6 Å². The van der Waals surface area contributed by atoms with Crippen LogP contribution in [-0.2, 0) is 9.59 Å². The van der Waals surface area contributed by atoms with Gasteiger partial charge in [-0.3, -0.25) is 19.3 Å². The van der Waals surface area contributed by atoms with Crippen molar-refractivity contribution in [2.45, 2.75) is 13.3 Å². The van der Waals surface area contributed by atoms with Crippen LogP contribution in [0.2, 0.25) is 0 Å². The van der Waals surface area contributed by atoms with Crippen LogP contribution >= 0.6 is 0 Å². The molecule has 1 aliphatic heterocycles. The third-order valence-electron chi connectivity index (χ3n) is 3.66. The molecule has 1 N–H and O–H groups in total. The fourth-order valence-electron chi connectivity index (χ4n) is 2.43. The lowest BCUT2D eigenvalue weighted by molar-refractivity contribution is -0.138. The van der Waals surface area contributed by atoms with Crippen molar-refractivity contribution in [1.82, 2.24) is 9.80 Å². The highest BCUT2D eigenvalue weighted by molar-refractivity contribution is 6.10. The topological polar surface area (TPSA) is 77.9 Å². The molecule has 22 heavy (non-hydrogen) atoms. The Labute approximate surface area is 128 Å². The molecule has 0 aliphatic carbocycles. The Morgan fingerprint density at radius 1 is 1.27 bits per heavy atom. The maximum atomic E-state index is 12.3. The van der Waals surface area contributed by atoms with Gasteiger partial charge in [-0.05, 0) is 13.0 Å². The van der Waals surface area contributed by atoms with Crippen molar-refractivity contribution in [2.24, 2.45) is 0 Å². The quantitative estimate of drug-likeness (QED) is 0.862. The molecule has 0 unspecified atom stereocenters. The molecule has 0 atom stereocenters. The zero-order chi connectivity index (χ0) is 16.3. The zero-order valence-corrected chi connectivity index (χ0v) is 12.4. The number of likely N-dealkylation sites (N-methyl/N-ethyl adjacent to an activating group) is 1. The van der Waals surface area contributed by atoms with E-state index in [9.17, 15) is 14.4 Å². The SMILES string of the molecule is C=C1c2ccccc2C(=O)N1CC(=O)N(CC)CCC(=O)O. The van der Waals surface area contributed by atoms with Gasteiger partial charge in [-0.15, -0.1) is 0 Å². The van der Waals surface area contributed by atoms with Crippen LogP contribution in [0, 0.1) is 0 Å². The van der Waals surface area contributed by atoms with E-state index in [0.29, 0.717) is 17.8 Å². The van der Waals surface area contributed by atoms with Crippen LogP contribution in [0.25, 0.3) is 5.70 Å². The Morgan fingerprint density at radius 2 is 1.91 bits per heavy atom. The van der Waals surface area contributed by atoms with E-state index in [2.05, 4.69) is 6.58 Å². The van der Waals surface area contributed by atoms with Crippen LogP contribution in [0.5, 0.6) is 0 Å². The predicted octanol–water partition coefficient (Wildman–Crippen LogP) is 1.44. The number of benzene rings is 1. The first-order valence-electron chi connectivity index (χ1n) is 7.05. The summed E-state index contributed by atoms with van der Waals surface area (Å²) in [6, 6.07) is 7.08. The fourth-order valence-corrected chi connectivity index (χ4v) is 2.43. The van der Waals surface area contributed by atoms with Crippen molar-refractivity contribution in [3.63, 3.8) is 0 Å². The highest BCUT2D eigenvalue weighted by Crippen LogP contribution is 2.30. The summed E-state index contributed by atoms with van der Waals surface area (Å²) in [7, 11) is 0. The number of rotatable bonds is 6. The summed E-state index contributed by atoms with van der Waals surface area (Å²) in [4.78, 5) is 38.0. The fraction of sp³-hybridized carbons (Fsp3) is 0.312. The molecule has 0 fully saturated rings. The second-order valence-corrected chi connectivity index (χ2v) is 5.00. The van der Waals surface area contributed by atoms with Gasteiger partial charge in [0.15, 0.2) is 0 Å². The molecule has 0 saturated heterocycles. The lowest BCUT2D eigenvalue weighted by Gasteiger charge is -2.24.